The van der Waals surface area contributed by atoms with Crippen LogP contribution < -0.4 is 10.9 Å². The van der Waals surface area contributed by atoms with E-state index in [9.17, 15) is 9.59 Å². The summed E-state index contributed by atoms with van der Waals surface area (Å²) in [6.45, 7) is 6.63. The highest BCUT2D eigenvalue weighted by Gasteiger charge is 2.35. The van der Waals surface area contributed by atoms with E-state index in [0.717, 1.165) is 27.1 Å². The minimum absolute atomic E-state index is 0.104. The highest BCUT2D eigenvalue weighted by atomic mass is 35.5. The van der Waals surface area contributed by atoms with E-state index < -0.39 is 6.10 Å². The van der Waals surface area contributed by atoms with Gasteiger partial charge in [0.2, 0.25) is 5.91 Å². The smallest absolute Gasteiger partial charge is 0.250 e. The number of nitrogens with zero attached hydrogens (tertiary/aromatic N) is 1. The molecule has 0 spiro atoms. The lowest BCUT2D eigenvalue weighted by Gasteiger charge is -2.24. The van der Waals surface area contributed by atoms with Gasteiger partial charge in [-0.15, -0.1) is 11.3 Å². The first-order valence-corrected chi connectivity index (χ1v) is 11.5. The normalized spacial score (nSPS) is 17.6. The number of pyridine rings is 1. The molecule has 0 aliphatic carbocycles. The third kappa shape index (κ3) is 4.07. The zero-order valence-electron chi connectivity index (χ0n) is 18.0. The van der Waals surface area contributed by atoms with Crippen LogP contribution in [-0.4, -0.2) is 17.0 Å². The number of ether oxygens (including phenoxy) is 1. The summed E-state index contributed by atoms with van der Waals surface area (Å²) in [6.07, 6.45) is 1.09. The van der Waals surface area contributed by atoms with Gasteiger partial charge in [0.05, 0.1) is 12.5 Å². The maximum absolute atomic E-state index is 12.5. The number of carbonyl (C=O) groups is 1. The van der Waals surface area contributed by atoms with Gasteiger partial charge in [-0.25, -0.2) is 0 Å². The molecule has 0 saturated heterocycles. The summed E-state index contributed by atoms with van der Waals surface area (Å²) in [6, 6.07) is 9.22. The molecule has 162 valence electrons. The summed E-state index contributed by atoms with van der Waals surface area (Å²) in [5, 5.41) is 3.50. The van der Waals surface area contributed by atoms with Crippen LogP contribution in [-0.2, 0) is 16.6 Å². The first-order valence-electron chi connectivity index (χ1n) is 10.3. The Hall–Kier alpha value is -2.41. The van der Waals surface area contributed by atoms with Crippen LogP contribution in [0.5, 0.6) is 0 Å². The Balaban J connectivity index is 1.95. The summed E-state index contributed by atoms with van der Waals surface area (Å²) in [5.74, 6) is -0.104. The van der Waals surface area contributed by atoms with Crippen LogP contribution in [0.25, 0.3) is 10.4 Å². The van der Waals surface area contributed by atoms with Gasteiger partial charge < -0.3 is 14.6 Å². The lowest BCUT2D eigenvalue weighted by Crippen LogP contribution is -2.26. The predicted molar refractivity (Wildman–Crippen MR) is 125 cm³/mol. The molecule has 1 aliphatic rings. The second kappa shape index (κ2) is 8.61. The molecule has 1 unspecified atom stereocenters. The second-order valence-corrected chi connectivity index (χ2v) is 9.49. The summed E-state index contributed by atoms with van der Waals surface area (Å²) in [5.41, 5.74) is 4.80. The quantitative estimate of drug-likeness (QED) is 0.596. The van der Waals surface area contributed by atoms with E-state index in [0.29, 0.717) is 11.6 Å². The van der Waals surface area contributed by atoms with Crippen LogP contribution in [0, 0.1) is 13.8 Å². The van der Waals surface area contributed by atoms with Crippen molar-refractivity contribution >= 4 is 28.8 Å². The average molecular weight is 457 g/mol. The molecule has 1 amide bonds. The number of hydrogen-bond donors (Lipinski definition) is 1. The van der Waals surface area contributed by atoms with E-state index in [-0.39, 0.29) is 24.0 Å². The number of hydrogen-bond acceptors (Lipinski definition) is 4. The third-order valence-corrected chi connectivity index (χ3v) is 7.27. The lowest BCUT2D eigenvalue weighted by atomic mass is 9.95. The summed E-state index contributed by atoms with van der Waals surface area (Å²) >= 11 is 7.83. The zero-order valence-corrected chi connectivity index (χ0v) is 19.6. The first-order chi connectivity index (χ1) is 14.8. The molecule has 3 aromatic rings. The van der Waals surface area contributed by atoms with E-state index in [1.165, 1.54) is 10.4 Å². The minimum Gasteiger partial charge on any atom is -0.360 e. The minimum atomic E-state index is -0.546. The van der Waals surface area contributed by atoms with E-state index >= 15 is 0 Å². The Morgan fingerprint density at radius 1 is 1.26 bits per heavy atom. The highest BCUT2D eigenvalue weighted by molar-refractivity contribution is 7.15. The molecule has 3 heterocycles. The van der Waals surface area contributed by atoms with Gasteiger partial charge in [-0.3, -0.25) is 9.59 Å². The summed E-state index contributed by atoms with van der Waals surface area (Å²) in [7, 11) is 1.75. The molecule has 0 saturated carbocycles. The molecule has 2 atom stereocenters. The Labute approximate surface area is 190 Å². The fourth-order valence-electron chi connectivity index (χ4n) is 4.05. The van der Waals surface area contributed by atoms with Gasteiger partial charge in [-0.2, -0.15) is 0 Å². The molecule has 4 rings (SSSR count). The Kier molecular flexibility index (Phi) is 6.06. The Morgan fingerprint density at radius 2 is 1.97 bits per heavy atom. The average Bonchev–Trinajstić information content (AvgIpc) is 2.95. The van der Waals surface area contributed by atoms with Crippen LogP contribution >= 0.6 is 22.9 Å². The molecule has 7 heteroatoms. The molecule has 0 fully saturated rings. The van der Waals surface area contributed by atoms with Gasteiger partial charge in [0.25, 0.3) is 5.56 Å². The van der Waals surface area contributed by atoms with E-state index in [4.69, 9.17) is 16.3 Å². The molecule has 0 radical (unpaired) electrons. The number of fused-ring (bicyclic) bond motifs is 3. The first kappa shape index (κ1) is 21.8. The van der Waals surface area contributed by atoms with Crippen LogP contribution in [0.1, 0.15) is 52.7 Å². The monoisotopic (exact) mass is 456 g/mol. The zero-order chi connectivity index (χ0) is 22.3. The van der Waals surface area contributed by atoms with E-state index in [1.807, 2.05) is 37.4 Å². The molecule has 2 aromatic heterocycles. The fraction of sp³-hybridized carbons (Fsp3) is 0.333. The van der Waals surface area contributed by atoms with Gasteiger partial charge in [0.1, 0.15) is 6.10 Å². The molecule has 5 nitrogen and oxygen atoms in total. The van der Waals surface area contributed by atoms with Crippen LogP contribution in [0.15, 0.2) is 41.3 Å². The highest BCUT2D eigenvalue weighted by Crippen LogP contribution is 2.50. The van der Waals surface area contributed by atoms with Crippen LogP contribution in [0.2, 0.25) is 5.02 Å². The fourth-order valence-corrected chi connectivity index (χ4v) is 5.39. The second-order valence-electron chi connectivity index (χ2n) is 7.83. The van der Waals surface area contributed by atoms with Crippen molar-refractivity contribution in [1.82, 2.24) is 9.88 Å². The Morgan fingerprint density at radius 3 is 2.65 bits per heavy atom. The van der Waals surface area contributed by atoms with E-state index in [1.54, 1.807) is 29.0 Å². The molecule has 1 N–H and O–H groups in total. The Bertz CT molecular complexity index is 1200. The number of aromatic nitrogens is 1. The van der Waals surface area contributed by atoms with Gasteiger partial charge in [0, 0.05) is 51.8 Å². The van der Waals surface area contributed by atoms with Crippen LogP contribution in [0.3, 0.4) is 0 Å². The van der Waals surface area contributed by atoms with Crippen molar-refractivity contribution in [3.8, 4) is 10.4 Å². The molecular weight excluding hydrogens is 432 g/mol. The van der Waals surface area contributed by atoms with Crippen molar-refractivity contribution < 1.29 is 9.53 Å². The lowest BCUT2D eigenvalue weighted by molar-refractivity contribution is -0.124. The maximum atomic E-state index is 12.5. The molecular formula is C24H25ClN2O3S. The van der Waals surface area contributed by atoms with Crippen molar-refractivity contribution in [2.45, 2.75) is 39.4 Å². The third-order valence-electron chi connectivity index (χ3n) is 5.76. The van der Waals surface area contributed by atoms with Crippen molar-refractivity contribution in [2.24, 2.45) is 7.05 Å². The van der Waals surface area contributed by atoms with Crippen molar-refractivity contribution in [3.63, 3.8) is 0 Å². The predicted octanol–water partition coefficient (Wildman–Crippen LogP) is 5.07. The number of halogens is 1. The number of carbonyl (C=O) groups excluding carboxylic acids is 1. The van der Waals surface area contributed by atoms with Crippen molar-refractivity contribution in [3.05, 3.63) is 79.0 Å². The molecule has 31 heavy (non-hydrogen) atoms. The van der Waals surface area contributed by atoms with Crippen molar-refractivity contribution in [2.75, 3.05) is 6.54 Å². The molecule has 0 bridgehead atoms. The summed E-state index contributed by atoms with van der Waals surface area (Å²) in [4.78, 5) is 27.3. The number of benzene rings is 1. The number of rotatable bonds is 4. The van der Waals surface area contributed by atoms with Crippen molar-refractivity contribution in [1.29, 1.82) is 0 Å². The number of aryl methyl sites for hydroxylation is 2. The number of amides is 1. The SMILES string of the molecule is CCNC(=O)C[C@@H]1OC(c2ccc(Cl)cc2)c2c(sc(C)c2C)-c2cn(C)c(=O)cc21. The number of nitrogens with one attached hydrogen (secondary N) is 1. The van der Waals surface area contributed by atoms with Gasteiger partial charge >= 0.3 is 0 Å². The van der Waals surface area contributed by atoms with Crippen LogP contribution in [0.4, 0.5) is 0 Å². The molecule has 1 aromatic carbocycles. The summed E-state index contributed by atoms with van der Waals surface area (Å²) < 4.78 is 8.23. The molecule has 1 aliphatic heterocycles. The largest absolute Gasteiger partial charge is 0.360 e. The maximum Gasteiger partial charge on any atom is 0.250 e. The van der Waals surface area contributed by atoms with Gasteiger partial charge in [-0.1, -0.05) is 23.7 Å². The van der Waals surface area contributed by atoms with Gasteiger partial charge in [-0.05, 0) is 49.6 Å². The van der Waals surface area contributed by atoms with Gasteiger partial charge in [0.15, 0.2) is 0 Å². The topological polar surface area (TPSA) is 60.3 Å². The standard InChI is InChI=1S/C24H25ClN2O3S/c1-5-26-20(28)11-19-17-10-21(29)27(4)12-18(17)24-22(13(2)14(3)31-24)23(30-19)15-6-8-16(25)9-7-15/h6-10,12,19,23H,5,11H2,1-4H3,(H,26,28)/t19-,23?/m0/s1. The number of thiophene rings is 1. The van der Waals surface area contributed by atoms with E-state index in [2.05, 4.69) is 19.2 Å².